The van der Waals surface area contributed by atoms with Gasteiger partial charge in [0.25, 0.3) is 5.91 Å². The molecule has 1 saturated heterocycles. The molecule has 2 aliphatic heterocycles. The monoisotopic (exact) mass is 468 g/mol. The highest BCUT2D eigenvalue weighted by Gasteiger charge is 2.54. The van der Waals surface area contributed by atoms with Crippen molar-refractivity contribution in [1.29, 1.82) is 0 Å². The van der Waals surface area contributed by atoms with Crippen LogP contribution in [0, 0.1) is 6.92 Å². The van der Waals surface area contributed by atoms with Crippen molar-refractivity contribution >= 4 is 64.0 Å². The van der Waals surface area contributed by atoms with E-state index in [4.69, 9.17) is 0 Å². The zero-order valence-corrected chi connectivity index (χ0v) is 18.4. The molecule has 2 aromatic rings. The molecule has 2 aliphatic rings. The Balaban J connectivity index is 1.44. The lowest BCUT2D eigenvalue weighted by atomic mass is 10.0. The standard InChI is InChI=1S/C17H16N4O4S4/c1-8-19-20-17(29-8)28-7-9-6-27-15-12(14(23)21(15)13(9)16(24)25)18-11(22)5-10-3-2-4-26-10/h2-4,12,15H,5-7H2,1H3,(H,18,22)(H,24,25)/t12-,15+/m1/s1. The number of β-lactam (4-membered cyclic amide) rings is 1. The third-order valence-corrected chi connectivity index (χ3v) is 8.63. The molecule has 1 fully saturated rings. The minimum Gasteiger partial charge on any atom is -0.477 e. The predicted molar refractivity (Wildman–Crippen MR) is 113 cm³/mol. The second kappa shape index (κ2) is 8.46. The number of nitrogens with one attached hydrogen (secondary N) is 1. The molecular formula is C17H16N4O4S4. The summed E-state index contributed by atoms with van der Waals surface area (Å²) in [4.78, 5) is 39.0. The van der Waals surface area contributed by atoms with Crippen LogP contribution in [0.2, 0.25) is 0 Å². The molecule has 0 bridgehead atoms. The summed E-state index contributed by atoms with van der Waals surface area (Å²) in [5, 5.41) is 22.8. The Morgan fingerprint density at radius 3 is 2.90 bits per heavy atom. The number of hydrogen-bond acceptors (Lipinski definition) is 9. The third kappa shape index (κ3) is 4.20. The van der Waals surface area contributed by atoms with E-state index >= 15 is 0 Å². The van der Waals surface area contributed by atoms with Crippen molar-refractivity contribution in [2.45, 2.75) is 29.1 Å². The molecule has 0 saturated carbocycles. The van der Waals surface area contributed by atoms with Crippen LogP contribution in [0.4, 0.5) is 0 Å². The number of thiophene rings is 1. The van der Waals surface area contributed by atoms with Crippen LogP contribution < -0.4 is 5.32 Å². The van der Waals surface area contributed by atoms with Crippen LogP contribution in [0.1, 0.15) is 9.88 Å². The van der Waals surface area contributed by atoms with Crippen LogP contribution in [0.25, 0.3) is 0 Å². The lowest BCUT2D eigenvalue weighted by Crippen LogP contribution is -2.70. The molecule has 12 heteroatoms. The zero-order valence-electron chi connectivity index (χ0n) is 15.2. The Morgan fingerprint density at radius 1 is 1.41 bits per heavy atom. The molecule has 0 radical (unpaired) electrons. The minimum atomic E-state index is -1.13. The van der Waals surface area contributed by atoms with Crippen LogP contribution in [-0.4, -0.2) is 60.9 Å². The number of hydrogen-bond donors (Lipinski definition) is 2. The van der Waals surface area contributed by atoms with E-state index < -0.39 is 17.4 Å². The van der Waals surface area contributed by atoms with Crippen LogP contribution in [-0.2, 0) is 20.8 Å². The largest absolute Gasteiger partial charge is 0.477 e. The summed E-state index contributed by atoms with van der Waals surface area (Å²) in [5.74, 6) is -0.836. The maximum atomic E-state index is 12.6. The van der Waals surface area contributed by atoms with Gasteiger partial charge in [-0.15, -0.1) is 33.3 Å². The number of nitrogens with zero attached hydrogens (tertiary/aromatic N) is 3. The van der Waals surface area contributed by atoms with Gasteiger partial charge in [0.05, 0.1) is 6.42 Å². The highest BCUT2D eigenvalue weighted by atomic mass is 32.2. The van der Waals surface area contributed by atoms with E-state index in [1.807, 2.05) is 24.4 Å². The number of carbonyl (C=O) groups excluding carboxylic acids is 2. The SMILES string of the molecule is Cc1nnc(SCC2=C(C(=O)O)N3C(=O)[C@@H](NC(=O)Cc4cccs4)[C@@H]3SC2)s1. The fourth-order valence-electron chi connectivity index (χ4n) is 3.08. The van der Waals surface area contributed by atoms with Gasteiger partial charge in [-0.05, 0) is 23.9 Å². The van der Waals surface area contributed by atoms with E-state index in [1.165, 1.54) is 51.1 Å². The molecule has 152 valence electrons. The number of carbonyl (C=O) groups is 3. The van der Waals surface area contributed by atoms with Crippen molar-refractivity contribution < 1.29 is 19.5 Å². The van der Waals surface area contributed by atoms with Crippen LogP contribution in [0.3, 0.4) is 0 Å². The molecule has 0 unspecified atom stereocenters. The van der Waals surface area contributed by atoms with Gasteiger partial charge < -0.3 is 10.4 Å². The number of aromatic nitrogens is 2. The number of aliphatic carboxylic acids is 1. The topological polar surface area (TPSA) is 112 Å². The van der Waals surface area contributed by atoms with Crippen LogP contribution in [0.15, 0.2) is 33.1 Å². The summed E-state index contributed by atoms with van der Waals surface area (Å²) in [7, 11) is 0. The summed E-state index contributed by atoms with van der Waals surface area (Å²) in [6.07, 6.45) is 0.212. The fourth-order valence-corrected chi connectivity index (χ4v) is 7.08. The molecule has 2 atom stereocenters. The van der Waals surface area contributed by atoms with E-state index in [1.54, 1.807) is 0 Å². The summed E-state index contributed by atoms with van der Waals surface area (Å²) < 4.78 is 0.764. The lowest BCUT2D eigenvalue weighted by molar-refractivity contribution is -0.150. The van der Waals surface area contributed by atoms with Gasteiger partial charge in [-0.1, -0.05) is 29.2 Å². The number of carboxylic acids is 1. The fraction of sp³-hybridized carbons (Fsp3) is 0.353. The van der Waals surface area contributed by atoms with Crippen molar-refractivity contribution in [2.24, 2.45) is 0 Å². The van der Waals surface area contributed by atoms with Crippen molar-refractivity contribution in [1.82, 2.24) is 20.4 Å². The van der Waals surface area contributed by atoms with Crippen molar-refractivity contribution in [3.05, 3.63) is 38.7 Å². The van der Waals surface area contributed by atoms with Gasteiger partial charge in [-0.25, -0.2) is 4.79 Å². The summed E-state index contributed by atoms with van der Waals surface area (Å²) in [6.45, 7) is 1.86. The highest BCUT2D eigenvalue weighted by molar-refractivity contribution is 8.01. The summed E-state index contributed by atoms with van der Waals surface area (Å²) in [5.41, 5.74) is 0.699. The molecule has 0 aromatic carbocycles. The second-order valence-corrected chi connectivity index (χ2v) is 10.9. The van der Waals surface area contributed by atoms with Crippen molar-refractivity contribution in [3.63, 3.8) is 0 Å². The maximum absolute atomic E-state index is 12.6. The summed E-state index contributed by atoms with van der Waals surface area (Å²) >= 11 is 5.81. The summed E-state index contributed by atoms with van der Waals surface area (Å²) in [6, 6.07) is 3.04. The van der Waals surface area contributed by atoms with Gasteiger partial charge in [-0.3, -0.25) is 14.5 Å². The number of rotatable bonds is 7. The smallest absolute Gasteiger partial charge is 0.352 e. The van der Waals surface area contributed by atoms with Crippen molar-refractivity contribution in [2.75, 3.05) is 11.5 Å². The van der Waals surface area contributed by atoms with Crippen LogP contribution >= 0.6 is 46.2 Å². The first kappa shape index (κ1) is 20.4. The number of thioether (sulfide) groups is 2. The van der Waals surface area contributed by atoms with Crippen molar-refractivity contribution in [3.8, 4) is 0 Å². The van der Waals surface area contributed by atoms with Gasteiger partial charge in [0, 0.05) is 16.4 Å². The first-order valence-electron chi connectivity index (χ1n) is 8.58. The lowest BCUT2D eigenvalue weighted by Gasteiger charge is -2.49. The average molecular weight is 469 g/mol. The molecule has 2 N–H and O–H groups in total. The molecule has 4 heterocycles. The van der Waals surface area contributed by atoms with E-state index in [0.29, 0.717) is 17.1 Å². The quantitative estimate of drug-likeness (QED) is 0.469. The number of aryl methyl sites for hydroxylation is 1. The Bertz CT molecular complexity index is 987. The van der Waals surface area contributed by atoms with E-state index in [2.05, 4.69) is 15.5 Å². The van der Waals surface area contributed by atoms with E-state index in [0.717, 1.165) is 14.2 Å². The Kier molecular flexibility index (Phi) is 5.95. The van der Waals surface area contributed by atoms with Gasteiger partial charge in [0.1, 0.15) is 22.1 Å². The molecule has 4 rings (SSSR count). The highest BCUT2D eigenvalue weighted by Crippen LogP contribution is 2.41. The molecule has 0 spiro atoms. The molecule has 2 aromatic heterocycles. The zero-order chi connectivity index (χ0) is 20.5. The number of carboxylic acid groups (broad SMARTS) is 1. The molecule has 29 heavy (non-hydrogen) atoms. The maximum Gasteiger partial charge on any atom is 0.352 e. The normalized spacial score (nSPS) is 21.0. The molecule has 0 aliphatic carbocycles. The van der Waals surface area contributed by atoms with E-state index in [9.17, 15) is 19.5 Å². The third-order valence-electron chi connectivity index (χ3n) is 4.36. The Labute approximate surface area is 182 Å². The van der Waals surface area contributed by atoms with Crippen LogP contribution in [0.5, 0.6) is 0 Å². The van der Waals surface area contributed by atoms with Gasteiger partial charge in [0.2, 0.25) is 5.91 Å². The van der Waals surface area contributed by atoms with Gasteiger partial charge in [-0.2, -0.15) is 0 Å². The van der Waals surface area contributed by atoms with E-state index in [-0.39, 0.29) is 23.9 Å². The molecule has 8 nitrogen and oxygen atoms in total. The first-order chi connectivity index (χ1) is 13.9. The number of amides is 2. The van der Waals surface area contributed by atoms with Gasteiger partial charge in [0.15, 0.2) is 4.34 Å². The minimum absolute atomic E-state index is 0.0243. The molecule has 2 amide bonds. The predicted octanol–water partition coefficient (Wildman–Crippen LogP) is 1.98. The average Bonchev–Trinajstić information content (AvgIpc) is 3.35. The van der Waals surface area contributed by atoms with Gasteiger partial charge >= 0.3 is 5.97 Å². The Hall–Kier alpha value is -1.89. The Morgan fingerprint density at radius 2 is 2.24 bits per heavy atom. The molecular weight excluding hydrogens is 452 g/mol. The first-order valence-corrected chi connectivity index (χ1v) is 12.3. The number of fused-ring (bicyclic) bond motifs is 1. The second-order valence-electron chi connectivity index (χ2n) is 6.34.